The van der Waals surface area contributed by atoms with E-state index in [2.05, 4.69) is 4.98 Å². The van der Waals surface area contributed by atoms with Crippen LogP contribution < -0.4 is 5.73 Å². The molecule has 0 atom stereocenters. The second kappa shape index (κ2) is 3.17. The standard InChI is InChI=1S/C10H12N2O/c11-10-8(2-1-5-12-10)9(13)6-7-3-4-7/h1-2,5,7H,3-4,6H2,(H2,11,12). The molecule has 2 rings (SSSR count). The Kier molecular flexibility index (Phi) is 2.00. The van der Waals surface area contributed by atoms with Crippen LogP contribution in [-0.4, -0.2) is 10.8 Å². The van der Waals surface area contributed by atoms with Gasteiger partial charge >= 0.3 is 0 Å². The summed E-state index contributed by atoms with van der Waals surface area (Å²) in [5.74, 6) is 1.09. The third-order valence-electron chi connectivity index (χ3n) is 2.31. The SMILES string of the molecule is Nc1ncccc1C(=O)CC1CC1. The molecule has 3 nitrogen and oxygen atoms in total. The zero-order valence-corrected chi connectivity index (χ0v) is 7.36. The van der Waals surface area contributed by atoms with Crippen LogP contribution in [-0.2, 0) is 0 Å². The van der Waals surface area contributed by atoms with E-state index < -0.39 is 0 Å². The molecule has 0 saturated heterocycles. The number of nitrogens with two attached hydrogens (primary N) is 1. The smallest absolute Gasteiger partial charge is 0.166 e. The van der Waals surface area contributed by atoms with Crippen molar-refractivity contribution in [3.63, 3.8) is 0 Å². The van der Waals surface area contributed by atoms with Gasteiger partial charge in [-0.1, -0.05) is 0 Å². The van der Waals surface area contributed by atoms with Crippen molar-refractivity contribution in [1.29, 1.82) is 0 Å². The summed E-state index contributed by atoms with van der Waals surface area (Å²) in [6.07, 6.45) is 4.61. The summed E-state index contributed by atoms with van der Waals surface area (Å²) in [4.78, 5) is 15.5. The number of carbonyl (C=O) groups is 1. The lowest BCUT2D eigenvalue weighted by Crippen LogP contribution is -2.05. The highest BCUT2D eigenvalue weighted by Crippen LogP contribution is 2.33. The van der Waals surface area contributed by atoms with E-state index in [1.54, 1.807) is 18.3 Å². The Morgan fingerprint density at radius 1 is 1.62 bits per heavy atom. The second-order valence-corrected chi connectivity index (χ2v) is 3.51. The van der Waals surface area contributed by atoms with Gasteiger partial charge in [0.1, 0.15) is 5.82 Å². The normalized spacial score (nSPS) is 15.7. The van der Waals surface area contributed by atoms with Crippen LogP contribution in [0.5, 0.6) is 0 Å². The maximum absolute atomic E-state index is 11.6. The number of ketones is 1. The largest absolute Gasteiger partial charge is 0.383 e. The van der Waals surface area contributed by atoms with Crippen molar-refractivity contribution < 1.29 is 4.79 Å². The number of rotatable bonds is 3. The first-order chi connectivity index (χ1) is 6.27. The number of hydrogen-bond acceptors (Lipinski definition) is 3. The summed E-state index contributed by atoms with van der Waals surface area (Å²) in [6.45, 7) is 0. The third kappa shape index (κ3) is 1.86. The molecule has 0 radical (unpaired) electrons. The van der Waals surface area contributed by atoms with E-state index in [-0.39, 0.29) is 5.78 Å². The molecule has 0 aliphatic heterocycles. The Bertz CT molecular complexity index is 331. The number of Topliss-reactive ketones (excluding diaryl/α,β-unsaturated/α-hetero) is 1. The first-order valence-electron chi connectivity index (χ1n) is 4.51. The highest BCUT2D eigenvalue weighted by molar-refractivity contribution is 6.00. The highest BCUT2D eigenvalue weighted by Gasteiger charge is 2.25. The van der Waals surface area contributed by atoms with Gasteiger partial charge in [0.15, 0.2) is 5.78 Å². The van der Waals surface area contributed by atoms with E-state index in [0.29, 0.717) is 23.7 Å². The quantitative estimate of drug-likeness (QED) is 0.712. The zero-order valence-electron chi connectivity index (χ0n) is 7.36. The predicted octanol–water partition coefficient (Wildman–Crippen LogP) is 1.65. The fraction of sp³-hybridized carbons (Fsp3) is 0.400. The van der Waals surface area contributed by atoms with Crippen molar-refractivity contribution in [3.8, 4) is 0 Å². The minimum atomic E-state index is 0.133. The molecule has 1 fully saturated rings. The number of pyridine rings is 1. The topological polar surface area (TPSA) is 56.0 Å². The van der Waals surface area contributed by atoms with E-state index in [1.165, 1.54) is 12.8 Å². The highest BCUT2D eigenvalue weighted by atomic mass is 16.1. The molecular weight excluding hydrogens is 164 g/mol. The molecular formula is C10H12N2O. The molecule has 0 amide bonds. The van der Waals surface area contributed by atoms with Crippen LogP contribution in [0.15, 0.2) is 18.3 Å². The first kappa shape index (κ1) is 8.23. The fourth-order valence-corrected chi connectivity index (χ4v) is 1.35. The number of nitrogen functional groups attached to an aromatic ring is 1. The van der Waals surface area contributed by atoms with Crippen molar-refractivity contribution in [2.45, 2.75) is 19.3 Å². The molecule has 2 N–H and O–H groups in total. The van der Waals surface area contributed by atoms with E-state index in [4.69, 9.17) is 5.73 Å². The van der Waals surface area contributed by atoms with E-state index in [0.717, 1.165) is 0 Å². The second-order valence-electron chi connectivity index (χ2n) is 3.51. The number of hydrogen-bond donors (Lipinski definition) is 1. The summed E-state index contributed by atoms with van der Waals surface area (Å²) in [5.41, 5.74) is 6.16. The molecule has 0 spiro atoms. The van der Waals surface area contributed by atoms with Crippen LogP contribution in [0.2, 0.25) is 0 Å². The van der Waals surface area contributed by atoms with Gasteiger partial charge in [0.25, 0.3) is 0 Å². The van der Waals surface area contributed by atoms with Crippen LogP contribution in [0.25, 0.3) is 0 Å². The molecule has 1 saturated carbocycles. The molecule has 68 valence electrons. The Balaban J connectivity index is 2.13. The molecule has 1 aliphatic carbocycles. The van der Waals surface area contributed by atoms with Crippen LogP contribution in [0, 0.1) is 5.92 Å². The first-order valence-corrected chi connectivity index (χ1v) is 4.51. The lowest BCUT2D eigenvalue weighted by molar-refractivity contribution is 0.0976. The Morgan fingerprint density at radius 3 is 3.00 bits per heavy atom. The number of nitrogens with zero attached hydrogens (tertiary/aromatic N) is 1. The summed E-state index contributed by atoms with van der Waals surface area (Å²) in [6, 6.07) is 3.49. The van der Waals surface area contributed by atoms with Crippen LogP contribution in [0.1, 0.15) is 29.6 Å². The van der Waals surface area contributed by atoms with Gasteiger partial charge in [-0.25, -0.2) is 4.98 Å². The van der Waals surface area contributed by atoms with Gasteiger partial charge < -0.3 is 5.73 Å². The molecule has 0 unspecified atom stereocenters. The van der Waals surface area contributed by atoms with Gasteiger partial charge in [0, 0.05) is 12.6 Å². The molecule has 1 aliphatic rings. The Labute approximate surface area is 77.0 Å². The zero-order chi connectivity index (χ0) is 9.26. The Hall–Kier alpha value is -1.38. The number of anilines is 1. The molecule has 3 heteroatoms. The molecule has 0 bridgehead atoms. The third-order valence-corrected chi connectivity index (χ3v) is 2.31. The minimum Gasteiger partial charge on any atom is -0.383 e. The average molecular weight is 176 g/mol. The van der Waals surface area contributed by atoms with Crippen molar-refractivity contribution >= 4 is 11.6 Å². The van der Waals surface area contributed by atoms with E-state index in [9.17, 15) is 4.79 Å². The summed E-state index contributed by atoms with van der Waals surface area (Å²) >= 11 is 0. The average Bonchev–Trinajstić information content (AvgIpc) is 2.89. The predicted molar refractivity (Wildman–Crippen MR) is 50.3 cm³/mol. The van der Waals surface area contributed by atoms with Gasteiger partial charge in [0.2, 0.25) is 0 Å². The van der Waals surface area contributed by atoms with Crippen LogP contribution >= 0.6 is 0 Å². The van der Waals surface area contributed by atoms with Crippen molar-refractivity contribution in [2.24, 2.45) is 5.92 Å². The molecule has 1 aromatic heterocycles. The monoisotopic (exact) mass is 176 g/mol. The summed E-state index contributed by atoms with van der Waals surface area (Å²) in [5, 5.41) is 0. The van der Waals surface area contributed by atoms with Gasteiger partial charge in [-0.15, -0.1) is 0 Å². The summed E-state index contributed by atoms with van der Waals surface area (Å²) < 4.78 is 0. The van der Waals surface area contributed by atoms with Crippen molar-refractivity contribution in [3.05, 3.63) is 23.9 Å². The van der Waals surface area contributed by atoms with Crippen molar-refractivity contribution in [1.82, 2.24) is 4.98 Å². The molecule has 1 heterocycles. The van der Waals surface area contributed by atoms with Gasteiger partial charge in [-0.2, -0.15) is 0 Å². The Morgan fingerprint density at radius 2 is 2.38 bits per heavy atom. The maximum Gasteiger partial charge on any atom is 0.166 e. The molecule has 0 aromatic carbocycles. The number of aromatic nitrogens is 1. The van der Waals surface area contributed by atoms with Crippen LogP contribution in [0.3, 0.4) is 0 Å². The molecule has 13 heavy (non-hydrogen) atoms. The lowest BCUT2D eigenvalue weighted by Gasteiger charge is -2.01. The fourth-order valence-electron chi connectivity index (χ4n) is 1.35. The van der Waals surface area contributed by atoms with Gasteiger partial charge in [-0.05, 0) is 30.9 Å². The van der Waals surface area contributed by atoms with Crippen molar-refractivity contribution in [2.75, 3.05) is 5.73 Å². The van der Waals surface area contributed by atoms with Gasteiger partial charge in [0.05, 0.1) is 5.56 Å². The number of carbonyl (C=O) groups excluding carboxylic acids is 1. The van der Waals surface area contributed by atoms with E-state index in [1.807, 2.05) is 0 Å². The van der Waals surface area contributed by atoms with Gasteiger partial charge in [-0.3, -0.25) is 4.79 Å². The summed E-state index contributed by atoms with van der Waals surface area (Å²) in [7, 11) is 0. The maximum atomic E-state index is 11.6. The lowest BCUT2D eigenvalue weighted by atomic mass is 10.1. The van der Waals surface area contributed by atoms with Crippen LogP contribution in [0.4, 0.5) is 5.82 Å². The van der Waals surface area contributed by atoms with E-state index >= 15 is 0 Å². The molecule has 1 aromatic rings. The minimum absolute atomic E-state index is 0.133.